The minimum Gasteiger partial charge on any atom is -0.493 e. The zero-order valence-corrected chi connectivity index (χ0v) is 14.7. The smallest absolute Gasteiger partial charge is 0.255 e. The number of hydrogen-bond donors (Lipinski definition) is 2. The molecule has 0 aliphatic rings. The van der Waals surface area contributed by atoms with Crippen LogP contribution >= 0.6 is 12.2 Å². The molecule has 0 atom stereocenters. The van der Waals surface area contributed by atoms with Crippen LogP contribution in [-0.4, -0.2) is 23.2 Å². The maximum atomic E-state index is 12.2. The van der Waals surface area contributed by atoms with Crippen LogP contribution in [0.2, 0.25) is 0 Å². The topological polar surface area (TPSA) is 67.1 Å². The molecule has 0 aliphatic carbocycles. The lowest BCUT2D eigenvalue weighted by atomic mass is 10.0. The summed E-state index contributed by atoms with van der Waals surface area (Å²) in [5, 5.41) is 0. The Labute approximate surface area is 140 Å². The second-order valence-corrected chi connectivity index (χ2v) is 5.96. The molecule has 0 saturated heterocycles. The molecule has 124 valence electrons. The zero-order valence-electron chi connectivity index (χ0n) is 13.9. The van der Waals surface area contributed by atoms with Crippen molar-refractivity contribution in [3.8, 4) is 11.5 Å². The van der Waals surface area contributed by atoms with Gasteiger partial charge in [-0.1, -0.05) is 13.0 Å². The number of aromatic amines is 2. The van der Waals surface area contributed by atoms with Crippen LogP contribution in [0, 0.1) is 4.77 Å². The Hall–Kier alpha value is -2.08. The third-order valence-corrected chi connectivity index (χ3v) is 3.66. The van der Waals surface area contributed by atoms with Gasteiger partial charge in [0.1, 0.15) is 0 Å². The van der Waals surface area contributed by atoms with Crippen molar-refractivity contribution in [3.05, 3.63) is 50.1 Å². The van der Waals surface area contributed by atoms with Crippen molar-refractivity contribution in [1.82, 2.24) is 9.97 Å². The standard InChI is InChI=1S/C17H22N2O3S/c1-5-13-12(16(20)19-17(23)18-13)8-11-6-7-14(21-4)15(9-11)22-10(2)3/h6-7,9-10H,5,8H2,1-4H3,(H2,18,19,20,23). The van der Waals surface area contributed by atoms with Gasteiger partial charge in [-0.2, -0.15) is 0 Å². The van der Waals surface area contributed by atoms with Crippen molar-refractivity contribution < 1.29 is 9.47 Å². The van der Waals surface area contributed by atoms with E-state index >= 15 is 0 Å². The third kappa shape index (κ3) is 4.22. The van der Waals surface area contributed by atoms with Gasteiger partial charge in [0, 0.05) is 17.7 Å². The molecule has 0 fully saturated rings. The average Bonchev–Trinajstić information content (AvgIpc) is 2.49. The van der Waals surface area contributed by atoms with Crippen LogP contribution in [0.15, 0.2) is 23.0 Å². The summed E-state index contributed by atoms with van der Waals surface area (Å²) in [5.74, 6) is 1.36. The number of methoxy groups -OCH3 is 1. The molecule has 5 nitrogen and oxygen atoms in total. The largest absolute Gasteiger partial charge is 0.493 e. The molecule has 1 aromatic carbocycles. The molecule has 2 N–H and O–H groups in total. The number of rotatable bonds is 6. The Kier molecular flexibility index (Phi) is 5.60. The molecule has 23 heavy (non-hydrogen) atoms. The highest BCUT2D eigenvalue weighted by atomic mass is 32.1. The number of hydrogen-bond acceptors (Lipinski definition) is 4. The first-order valence-corrected chi connectivity index (χ1v) is 8.03. The lowest BCUT2D eigenvalue weighted by Gasteiger charge is -2.15. The van der Waals surface area contributed by atoms with Crippen molar-refractivity contribution in [1.29, 1.82) is 0 Å². The van der Waals surface area contributed by atoms with Crippen molar-refractivity contribution in [3.63, 3.8) is 0 Å². The third-order valence-electron chi connectivity index (χ3n) is 3.46. The van der Waals surface area contributed by atoms with E-state index in [0.29, 0.717) is 34.7 Å². The average molecular weight is 334 g/mol. The summed E-state index contributed by atoms with van der Waals surface area (Å²) in [7, 11) is 1.61. The van der Waals surface area contributed by atoms with Gasteiger partial charge >= 0.3 is 0 Å². The molecule has 1 aromatic heterocycles. The van der Waals surface area contributed by atoms with Gasteiger partial charge in [-0.3, -0.25) is 9.78 Å². The second-order valence-electron chi connectivity index (χ2n) is 5.55. The Morgan fingerprint density at radius 1 is 1.22 bits per heavy atom. The van der Waals surface area contributed by atoms with Crippen molar-refractivity contribution in [2.45, 2.75) is 39.7 Å². The molecule has 0 aliphatic heterocycles. The fourth-order valence-electron chi connectivity index (χ4n) is 2.43. The van der Waals surface area contributed by atoms with Gasteiger partial charge in [-0.25, -0.2) is 0 Å². The Bertz CT molecular complexity index is 793. The van der Waals surface area contributed by atoms with Crippen LogP contribution in [0.4, 0.5) is 0 Å². The molecule has 1 heterocycles. The highest BCUT2D eigenvalue weighted by Gasteiger charge is 2.12. The van der Waals surface area contributed by atoms with Gasteiger partial charge in [0.15, 0.2) is 16.3 Å². The van der Waals surface area contributed by atoms with Gasteiger partial charge in [-0.15, -0.1) is 0 Å². The van der Waals surface area contributed by atoms with Crippen molar-refractivity contribution >= 4 is 12.2 Å². The Morgan fingerprint density at radius 3 is 2.57 bits per heavy atom. The molecule has 0 bridgehead atoms. The molecule has 0 amide bonds. The fraction of sp³-hybridized carbons (Fsp3) is 0.412. The molecule has 0 saturated carbocycles. The van der Waals surface area contributed by atoms with Crippen LogP contribution in [0.5, 0.6) is 11.5 Å². The molecule has 2 rings (SSSR count). The van der Waals surface area contributed by atoms with Gasteiger partial charge in [0.25, 0.3) is 5.56 Å². The fourth-order valence-corrected chi connectivity index (χ4v) is 2.65. The minimum atomic E-state index is -0.146. The van der Waals surface area contributed by atoms with E-state index in [1.165, 1.54) is 0 Å². The second kappa shape index (κ2) is 7.46. The van der Waals surface area contributed by atoms with E-state index < -0.39 is 0 Å². The normalized spacial score (nSPS) is 10.8. The van der Waals surface area contributed by atoms with Gasteiger partial charge in [0.2, 0.25) is 0 Å². The lowest BCUT2D eigenvalue weighted by molar-refractivity contribution is 0.230. The Morgan fingerprint density at radius 2 is 1.96 bits per heavy atom. The number of nitrogens with one attached hydrogen (secondary N) is 2. The van der Waals surface area contributed by atoms with E-state index in [-0.39, 0.29) is 11.7 Å². The van der Waals surface area contributed by atoms with E-state index in [2.05, 4.69) is 9.97 Å². The first-order chi connectivity index (χ1) is 10.9. The monoisotopic (exact) mass is 334 g/mol. The quantitative estimate of drug-likeness (QED) is 0.795. The summed E-state index contributed by atoms with van der Waals surface area (Å²) < 4.78 is 11.5. The molecular weight excluding hydrogens is 312 g/mol. The SMILES string of the molecule is CCc1[nH]c(=S)[nH]c(=O)c1Cc1ccc(OC)c(OC(C)C)c1. The molecule has 2 aromatic rings. The van der Waals surface area contributed by atoms with Gasteiger partial charge in [0.05, 0.1) is 13.2 Å². The summed E-state index contributed by atoms with van der Waals surface area (Å²) in [6, 6.07) is 5.71. The Balaban J connectivity index is 2.41. The van der Waals surface area contributed by atoms with Crippen LogP contribution < -0.4 is 15.0 Å². The first kappa shape index (κ1) is 17.3. The molecule has 0 unspecified atom stereocenters. The number of aromatic nitrogens is 2. The predicted molar refractivity (Wildman–Crippen MR) is 93.2 cm³/mol. The van der Waals surface area contributed by atoms with Crippen LogP contribution in [0.25, 0.3) is 0 Å². The summed E-state index contributed by atoms with van der Waals surface area (Å²) >= 11 is 5.03. The maximum Gasteiger partial charge on any atom is 0.255 e. The van der Waals surface area contributed by atoms with Gasteiger partial charge in [-0.05, 0) is 50.2 Å². The zero-order chi connectivity index (χ0) is 17.0. The maximum absolute atomic E-state index is 12.2. The highest BCUT2D eigenvalue weighted by molar-refractivity contribution is 7.71. The van der Waals surface area contributed by atoms with Crippen molar-refractivity contribution in [2.75, 3.05) is 7.11 Å². The number of ether oxygens (including phenoxy) is 2. The van der Waals surface area contributed by atoms with E-state index in [1.54, 1.807) is 7.11 Å². The molecular formula is C17H22N2O3S. The number of aryl methyl sites for hydroxylation is 1. The van der Waals surface area contributed by atoms with Gasteiger partial charge < -0.3 is 14.5 Å². The first-order valence-electron chi connectivity index (χ1n) is 7.62. The summed E-state index contributed by atoms with van der Waals surface area (Å²) in [6.07, 6.45) is 1.26. The molecule has 0 radical (unpaired) electrons. The predicted octanol–water partition coefficient (Wildman–Crippen LogP) is 3.38. The van der Waals surface area contributed by atoms with Crippen LogP contribution in [0.3, 0.4) is 0 Å². The summed E-state index contributed by atoms with van der Waals surface area (Å²) in [6.45, 7) is 5.91. The summed E-state index contributed by atoms with van der Waals surface area (Å²) in [5.41, 5.74) is 2.39. The van der Waals surface area contributed by atoms with E-state index in [4.69, 9.17) is 21.7 Å². The molecule has 6 heteroatoms. The van der Waals surface area contributed by atoms with E-state index in [1.807, 2.05) is 39.0 Å². The molecule has 0 spiro atoms. The number of benzene rings is 1. The number of H-pyrrole nitrogens is 2. The highest BCUT2D eigenvalue weighted by Crippen LogP contribution is 2.29. The van der Waals surface area contributed by atoms with Crippen LogP contribution in [-0.2, 0) is 12.8 Å². The van der Waals surface area contributed by atoms with E-state index in [0.717, 1.165) is 11.3 Å². The van der Waals surface area contributed by atoms with Crippen molar-refractivity contribution in [2.24, 2.45) is 0 Å². The van der Waals surface area contributed by atoms with Crippen LogP contribution in [0.1, 0.15) is 37.6 Å². The minimum absolute atomic E-state index is 0.0431. The van der Waals surface area contributed by atoms with E-state index in [9.17, 15) is 4.79 Å². The lowest BCUT2D eigenvalue weighted by Crippen LogP contribution is -2.18. The summed E-state index contributed by atoms with van der Waals surface area (Å²) in [4.78, 5) is 17.9.